The Morgan fingerprint density at radius 1 is 1.37 bits per heavy atom. The van der Waals surface area contributed by atoms with Gasteiger partial charge in [-0.05, 0) is 36.1 Å². The summed E-state index contributed by atoms with van der Waals surface area (Å²) in [6.45, 7) is 2.23. The van der Waals surface area contributed by atoms with Gasteiger partial charge in [0.1, 0.15) is 5.82 Å². The van der Waals surface area contributed by atoms with Crippen LogP contribution in [-0.2, 0) is 6.54 Å². The van der Waals surface area contributed by atoms with Crippen molar-refractivity contribution in [1.82, 2.24) is 10.6 Å². The number of rotatable bonds is 4. The summed E-state index contributed by atoms with van der Waals surface area (Å²) in [5.74, 6) is -0.299. The molecular formula is C14H15FN2OS. The molecule has 1 heterocycles. The summed E-state index contributed by atoms with van der Waals surface area (Å²) in [6, 6.07) is 9.80. The lowest BCUT2D eigenvalue weighted by Crippen LogP contribution is -2.36. The zero-order valence-corrected chi connectivity index (χ0v) is 11.3. The molecule has 1 atom stereocenters. The lowest BCUT2D eigenvalue weighted by atomic mass is 10.2. The highest BCUT2D eigenvalue weighted by atomic mass is 32.1. The first-order chi connectivity index (χ1) is 9.15. The Kier molecular flexibility index (Phi) is 4.52. The van der Waals surface area contributed by atoms with Crippen molar-refractivity contribution in [2.75, 3.05) is 0 Å². The summed E-state index contributed by atoms with van der Waals surface area (Å²) in [5, 5.41) is 7.51. The van der Waals surface area contributed by atoms with Gasteiger partial charge in [-0.25, -0.2) is 9.18 Å². The molecule has 19 heavy (non-hydrogen) atoms. The zero-order valence-electron chi connectivity index (χ0n) is 10.5. The van der Waals surface area contributed by atoms with Crippen LogP contribution in [-0.4, -0.2) is 6.03 Å². The van der Waals surface area contributed by atoms with E-state index in [1.54, 1.807) is 23.5 Å². The predicted octanol–water partition coefficient (Wildman–Crippen LogP) is 3.45. The first-order valence-electron chi connectivity index (χ1n) is 5.97. The van der Waals surface area contributed by atoms with Crippen LogP contribution in [0.15, 0.2) is 41.8 Å². The predicted molar refractivity (Wildman–Crippen MR) is 74.5 cm³/mol. The molecule has 0 saturated heterocycles. The van der Waals surface area contributed by atoms with Crippen LogP contribution in [0.4, 0.5) is 9.18 Å². The SMILES string of the molecule is C[C@@H](NC(=O)NCc1cccc(F)c1)c1cccs1. The number of hydrogen-bond acceptors (Lipinski definition) is 2. The molecule has 0 aliphatic heterocycles. The average molecular weight is 278 g/mol. The van der Waals surface area contributed by atoms with Gasteiger partial charge in [0.2, 0.25) is 0 Å². The zero-order chi connectivity index (χ0) is 13.7. The van der Waals surface area contributed by atoms with Gasteiger partial charge in [-0.2, -0.15) is 0 Å². The van der Waals surface area contributed by atoms with Crippen molar-refractivity contribution in [2.45, 2.75) is 19.5 Å². The lowest BCUT2D eigenvalue weighted by molar-refractivity contribution is 0.237. The summed E-state index contributed by atoms with van der Waals surface area (Å²) in [6.07, 6.45) is 0. The van der Waals surface area contributed by atoms with Crippen LogP contribution in [0.25, 0.3) is 0 Å². The summed E-state index contributed by atoms with van der Waals surface area (Å²) < 4.78 is 13.0. The van der Waals surface area contributed by atoms with E-state index in [1.807, 2.05) is 24.4 Å². The first-order valence-corrected chi connectivity index (χ1v) is 6.85. The van der Waals surface area contributed by atoms with Crippen molar-refractivity contribution in [3.05, 3.63) is 58.0 Å². The van der Waals surface area contributed by atoms with Gasteiger partial charge in [0.15, 0.2) is 0 Å². The molecule has 2 N–H and O–H groups in total. The maximum absolute atomic E-state index is 13.0. The summed E-state index contributed by atoms with van der Waals surface area (Å²) in [7, 11) is 0. The number of nitrogens with one attached hydrogen (secondary N) is 2. The number of halogens is 1. The van der Waals surface area contributed by atoms with Gasteiger partial charge in [0.05, 0.1) is 6.04 Å². The second-order valence-electron chi connectivity index (χ2n) is 4.19. The lowest BCUT2D eigenvalue weighted by Gasteiger charge is -2.13. The molecule has 2 amide bonds. The second-order valence-corrected chi connectivity index (χ2v) is 5.17. The minimum Gasteiger partial charge on any atom is -0.334 e. The molecule has 0 fully saturated rings. The Morgan fingerprint density at radius 3 is 2.89 bits per heavy atom. The number of carbonyl (C=O) groups excluding carboxylic acids is 1. The largest absolute Gasteiger partial charge is 0.334 e. The van der Waals surface area contributed by atoms with Crippen LogP contribution < -0.4 is 10.6 Å². The molecule has 0 saturated carbocycles. The van der Waals surface area contributed by atoms with Crippen molar-refractivity contribution in [1.29, 1.82) is 0 Å². The van der Waals surface area contributed by atoms with Crippen LogP contribution in [0.2, 0.25) is 0 Å². The molecule has 0 unspecified atom stereocenters. The highest BCUT2D eigenvalue weighted by molar-refractivity contribution is 7.10. The van der Waals surface area contributed by atoms with Crippen molar-refractivity contribution >= 4 is 17.4 Å². The molecule has 0 aliphatic rings. The molecule has 1 aromatic carbocycles. The third-order valence-electron chi connectivity index (χ3n) is 2.66. The van der Waals surface area contributed by atoms with E-state index in [4.69, 9.17) is 0 Å². The Hall–Kier alpha value is -1.88. The topological polar surface area (TPSA) is 41.1 Å². The third-order valence-corrected chi connectivity index (χ3v) is 3.71. The van der Waals surface area contributed by atoms with Crippen LogP contribution >= 0.6 is 11.3 Å². The van der Waals surface area contributed by atoms with Gasteiger partial charge >= 0.3 is 6.03 Å². The number of thiophene rings is 1. The second kappa shape index (κ2) is 6.33. The van der Waals surface area contributed by atoms with E-state index in [-0.39, 0.29) is 17.9 Å². The molecule has 100 valence electrons. The van der Waals surface area contributed by atoms with Gasteiger partial charge in [-0.3, -0.25) is 0 Å². The molecule has 5 heteroatoms. The van der Waals surface area contributed by atoms with Crippen LogP contribution in [0.1, 0.15) is 23.4 Å². The van der Waals surface area contributed by atoms with Gasteiger partial charge in [0.25, 0.3) is 0 Å². The Labute approximate surface area is 115 Å². The van der Waals surface area contributed by atoms with Crippen molar-refractivity contribution < 1.29 is 9.18 Å². The Balaban J connectivity index is 1.82. The standard InChI is InChI=1S/C14H15FN2OS/c1-10(13-6-3-7-19-13)17-14(18)16-9-11-4-2-5-12(15)8-11/h2-8,10H,9H2,1H3,(H2,16,17,18)/t10-/m1/s1. The minimum atomic E-state index is -0.299. The number of carbonyl (C=O) groups is 1. The van der Waals surface area contributed by atoms with E-state index in [1.165, 1.54) is 12.1 Å². The molecular weight excluding hydrogens is 263 g/mol. The van der Waals surface area contributed by atoms with E-state index in [0.717, 1.165) is 10.4 Å². The van der Waals surface area contributed by atoms with E-state index < -0.39 is 0 Å². The van der Waals surface area contributed by atoms with Crippen molar-refractivity contribution in [3.8, 4) is 0 Å². The normalized spacial score (nSPS) is 11.9. The molecule has 0 spiro atoms. The molecule has 3 nitrogen and oxygen atoms in total. The molecule has 0 radical (unpaired) electrons. The number of hydrogen-bond donors (Lipinski definition) is 2. The van der Waals surface area contributed by atoms with Gasteiger partial charge < -0.3 is 10.6 Å². The maximum atomic E-state index is 13.0. The number of urea groups is 1. The van der Waals surface area contributed by atoms with E-state index in [2.05, 4.69) is 10.6 Å². The summed E-state index contributed by atoms with van der Waals surface area (Å²) in [5.41, 5.74) is 0.735. The van der Waals surface area contributed by atoms with Gasteiger partial charge in [0, 0.05) is 11.4 Å². The van der Waals surface area contributed by atoms with Gasteiger partial charge in [-0.1, -0.05) is 18.2 Å². The van der Waals surface area contributed by atoms with E-state index in [0.29, 0.717) is 6.54 Å². The third kappa shape index (κ3) is 4.06. The van der Waals surface area contributed by atoms with Crippen LogP contribution in [0, 0.1) is 5.82 Å². The summed E-state index contributed by atoms with van der Waals surface area (Å²) >= 11 is 1.60. The van der Waals surface area contributed by atoms with Crippen molar-refractivity contribution in [2.24, 2.45) is 0 Å². The minimum absolute atomic E-state index is 0.0347. The average Bonchev–Trinajstić information content (AvgIpc) is 2.90. The quantitative estimate of drug-likeness (QED) is 0.883. The molecule has 0 bridgehead atoms. The number of benzene rings is 1. The molecule has 2 aromatic rings. The fraction of sp³-hybridized carbons (Fsp3) is 0.214. The van der Waals surface area contributed by atoms with Gasteiger partial charge in [-0.15, -0.1) is 11.3 Å². The highest BCUT2D eigenvalue weighted by Crippen LogP contribution is 2.17. The van der Waals surface area contributed by atoms with Crippen LogP contribution in [0.5, 0.6) is 0 Å². The molecule has 1 aromatic heterocycles. The fourth-order valence-electron chi connectivity index (χ4n) is 1.69. The Morgan fingerprint density at radius 2 is 2.21 bits per heavy atom. The fourth-order valence-corrected chi connectivity index (χ4v) is 2.42. The first kappa shape index (κ1) is 13.5. The smallest absolute Gasteiger partial charge is 0.315 e. The maximum Gasteiger partial charge on any atom is 0.315 e. The molecule has 0 aliphatic carbocycles. The summed E-state index contributed by atoms with van der Waals surface area (Å²) in [4.78, 5) is 12.8. The Bertz CT molecular complexity index is 542. The van der Waals surface area contributed by atoms with E-state index in [9.17, 15) is 9.18 Å². The number of amides is 2. The highest BCUT2D eigenvalue weighted by Gasteiger charge is 2.09. The molecule has 2 rings (SSSR count). The van der Waals surface area contributed by atoms with Crippen LogP contribution in [0.3, 0.4) is 0 Å². The van der Waals surface area contributed by atoms with E-state index >= 15 is 0 Å². The monoisotopic (exact) mass is 278 g/mol. The van der Waals surface area contributed by atoms with Crippen molar-refractivity contribution in [3.63, 3.8) is 0 Å².